The molecule has 0 fully saturated rings. The van der Waals surface area contributed by atoms with Crippen LogP contribution in [0.25, 0.3) is 0 Å². The fourth-order valence-corrected chi connectivity index (χ4v) is 2.66. The van der Waals surface area contributed by atoms with Crippen molar-refractivity contribution in [3.63, 3.8) is 0 Å². The Morgan fingerprint density at radius 1 is 0.609 bits per heavy atom. The van der Waals surface area contributed by atoms with Crippen molar-refractivity contribution in [1.29, 1.82) is 0 Å². The van der Waals surface area contributed by atoms with E-state index in [4.69, 9.17) is 18.8 Å². The van der Waals surface area contributed by atoms with Crippen molar-refractivity contribution in [2.75, 3.05) is 14.2 Å². The molecule has 0 amide bonds. The average Bonchev–Trinajstić information content (AvgIpc) is 2.51. The highest BCUT2D eigenvalue weighted by atomic mass is 16.6. The lowest BCUT2D eigenvalue weighted by atomic mass is 10.1. The van der Waals surface area contributed by atoms with Crippen LogP contribution in [0.1, 0.15) is 22.3 Å². The van der Waals surface area contributed by atoms with Crippen LogP contribution in [0, 0.1) is 27.7 Å². The summed E-state index contributed by atoms with van der Waals surface area (Å²) < 4.78 is 22.2. The van der Waals surface area contributed by atoms with E-state index in [2.05, 4.69) is 0 Å². The van der Waals surface area contributed by atoms with E-state index in [0.717, 1.165) is 45.3 Å². The van der Waals surface area contributed by atoms with Gasteiger partial charge in [-0.25, -0.2) is 0 Å². The van der Waals surface area contributed by atoms with E-state index in [9.17, 15) is 0 Å². The summed E-state index contributed by atoms with van der Waals surface area (Å²) in [5.74, 6) is 3.31. The fraction of sp³-hybridized carbons (Fsp3) is 0.333. The van der Waals surface area contributed by atoms with Crippen molar-refractivity contribution in [2.24, 2.45) is 0 Å². The zero-order chi connectivity index (χ0) is 17.0. The Balaban J connectivity index is 2.09. The minimum absolute atomic E-state index is 0.155. The Bertz CT molecular complexity index is 592. The molecule has 0 saturated heterocycles. The van der Waals surface area contributed by atoms with Gasteiger partial charge in [-0.3, -0.25) is 0 Å². The van der Waals surface area contributed by atoms with E-state index in [1.807, 2.05) is 52.0 Å². The van der Waals surface area contributed by atoms with E-state index in [1.54, 1.807) is 14.2 Å². The van der Waals surface area contributed by atoms with Crippen LogP contribution in [0.3, 0.4) is 0 Å². The normalized spacial score (nSPS) is 10.2. The number of benzene rings is 2. The predicted molar refractivity (Wildman–Crippen MR) is 93.3 cm³/mol. The molecule has 0 heterocycles. The van der Waals surface area contributed by atoms with Crippen LogP contribution in [-0.2, 0) is 0 Å². The lowest BCUT2D eigenvalue weighted by molar-refractivity contribution is 0.409. The smallest absolute Gasteiger partial charge is 0.528 e. The maximum Gasteiger partial charge on any atom is 0.576 e. The first kappa shape index (κ1) is 17.1. The zero-order valence-corrected chi connectivity index (χ0v) is 14.6. The summed E-state index contributed by atoms with van der Waals surface area (Å²) in [5.41, 5.74) is 4.09. The molecule has 0 radical (unpaired) electrons. The Labute approximate surface area is 138 Å². The van der Waals surface area contributed by atoms with Gasteiger partial charge in [-0.1, -0.05) is 0 Å². The molecule has 0 unspecified atom stereocenters. The van der Waals surface area contributed by atoms with Gasteiger partial charge in [0.1, 0.15) is 23.0 Å². The lowest BCUT2D eigenvalue weighted by Crippen LogP contribution is -2.14. The van der Waals surface area contributed by atoms with E-state index in [-0.39, 0.29) is 7.69 Å². The summed E-state index contributed by atoms with van der Waals surface area (Å²) in [6.45, 7) is 7.98. The van der Waals surface area contributed by atoms with Crippen molar-refractivity contribution in [3.05, 3.63) is 46.5 Å². The Hall–Kier alpha value is -2.30. The first-order valence-corrected chi connectivity index (χ1v) is 7.52. The number of rotatable bonds is 6. The van der Waals surface area contributed by atoms with E-state index in [1.165, 1.54) is 0 Å². The molecule has 2 rings (SSSR count). The minimum Gasteiger partial charge on any atom is -0.528 e. The SMILES string of the molecule is COc1cc(C)c(OBOc2c(C)cc(OC)cc2C)c(C)c1. The van der Waals surface area contributed by atoms with E-state index >= 15 is 0 Å². The van der Waals surface area contributed by atoms with Gasteiger partial charge in [-0.2, -0.15) is 0 Å². The van der Waals surface area contributed by atoms with Crippen LogP contribution in [0.15, 0.2) is 24.3 Å². The number of ether oxygens (including phenoxy) is 2. The summed E-state index contributed by atoms with van der Waals surface area (Å²) in [5, 5.41) is 0. The first-order valence-electron chi connectivity index (χ1n) is 7.52. The third-order valence-electron chi connectivity index (χ3n) is 3.75. The molecule has 0 atom stereocenters. The van der Waals surface area contributed by atoms with Gasteiger partial charge in [-0.05, 0) is 74.2 Å². The Kier molecular flexibility index (Phi) is 5.43. The number of hydrogen-bond donors (Lipinski definition) is 0. The van der Waals surface area contributed by atoms with Crippen molar-refractivity contribution in [1.82, 2.24) is 0 Å². The highest BCUT2D eigenvalue weighted by Gasteiger charge is 2.11. The summed E-state index contributed by atoms with van der Waals surface area (Å²) >= 11 is 0. The first-order chi connectivity index (χ1) is 11.0. The zero-order valence-electron chi connectivity index (χ0n) is 14.6. The molecule has 0 aromatic heterocycles. The lowest BCUT2D eigenvalue weighted by Gasteiger charge is -2.16. The van der Waals surface area contributed by atoms with Gasteiger partial charge in [-0.15, -0.1) is 0 Å². The summed E-state index contributed by atoms with van der Waals surface area (Å²) in [6.07, 6.45) is 0. The van der Waals surface area contributed by atoms with Gasteiger partial charge >= 0.3 is 7.69 Å². The van der Waals surface area contributed by atoms with Gasteiger partial charge in [0.15, 0.2) is 0 Å². The topological polar surface area (TPSA) is 36.9 Å². The summed E-state index contributed by atoms with van der Waals surface area (Å²) in [4.78, 5) is 0. The molecule has 2 aromatic carbocycles. The molecule has 122 valence electrons. The van der Waals surface area contributed by atoms with Crippen LogP contribution < -0.4 is 18.8 Å². The average molecular weight is 314 g/mol. The second-order valence-electron chi connectivity index (χ2n) is 5.59. The number of methoxy groups -OCH3 is 2. The van der Waals surface area contributed by atoms with Crippen molar-refractivity contribution < 1.29 is 18.8 Å². The molecule has 0 aliphatic heterocycles. The molecular formula is C18H23BO4. The molecular weight excluding hydrogens is 291 g/mol. The monoisotopic (exact) mass is 314 g/mol. The molecule has 4 nitrogen and oxygen atoms in total. The molecule has 0 aliphatic rings. The van der Waals surface area contributed by atoms with E-state index in [0.29, 0.717) is 0 Å². The van der Waals surface area contributed by atoms with Crippen LogP contribution in [0.2, 0.25) is 0 Å². The molecule has 0 saturated carbocycles. The summed E-state index contributed by atoms with van der Waals surface area (Å²) in [6, 6.07) is 7.80. The van der Waals surface area contributed by atoms with Crippen LogP contribution >= 0.6 is 0 Å². The second-order valence-corrected chi connectivity index (χ2v) is 5.59. The van der Waals surface area contributed by atoms with Gasteiger partial charge in [0.2, 0.25) is 0 Å². The second kappa shape index (κ2) is 7.31. The molecule has 0 bridgehead atoms. The molecule has 23 heavy (non-hydrogen) atoms. The number of aryl methyl sites for hydroxylation is 4. The molecule has 5 heteroatoms. The van der Waals surface area contributed by atoms with Gasteiger partial charge in [0.05, 0.1) is 14.2 Å². The molecule has 2 aromatic rings. The number of hydrogen-bond acceptors (Lipinski definition) is 4. The quantitative estimate of drug-likeness (QED) is 0.763. The third-order valence-corrected chi connectivity index (χ3v) is 3.75. The third kappa shape index (κ3) is 3.92. The molecule has 0 N–H and O–H groups in total. The van der Waals surface area contributed by atoms with Crippen LogP contribution in [0.4, 0.5) is 0 Å². The highest BCUT2D eigenvalue weighted by Crippen LogP contribution is 2.30. The highest BCUT2D eigenvalue weighted by molar-refractivity contribution is 6.21. The predicted octanol–water partition coefficient (Wildman–Crippen LogP) is 3.66. The van der Waals surface area contributed by atoms with Gasteiger partial charge in [0.25, 0.3) is 0 Å². The summed E-state index contributed by atoms with van der Waals surface area (Å²) in [7, 11) is 3.47. The molecule has 0 aliphatic carbocycles. The van der Waals surface area contributed by atoms with Crippen LogP contribution in [-0.4, -0.2) is 21.9 Å². The minimum atomic E-state index is 0.155. The van der Waals surface area contributed by atoms with Crippen molar-refractivity contribution in [2.45, 2.75) is 27.7 Å². The maximum atomic E-state index is 5.83. The van der Waals surface area contributed by atoms with Crippen LogP contribution in [0.5, 0.6) is 23.0 Å². The van der Waals surface area contributed by atoms with Crippen molar-refractivity contribution >= 4 is 7.69 Å². The van der Waals surface area contributed by atoms with Crippen molar-refractivity contribution in [3.8, 4) is 23.0 Å². The fourth-order valence-electron chi connectivity index (χ4n) is 2.66. The van der Waals surface area contributed by atoms with Gasteiger partial charge < -0.3 is 18.8 Å². The largest absolute Gasteiger partial charge is 0.576 e. The van der Waals surface area contributed by atoms with Gasteiger partial charge in [0, 0.05) is 0 Å². The standard InChI is InChI=1S/C18H23BO4/c1-11-7-15(20-5)8-12(2)17(11)22-19-23-18-13(3)9-16(21-6)10-14(18)4/h7-10,19H,1-6H3. The van der Waals surface area contributed by atoms with E-state index < -0.39 is 0 Å². The maximum absolute atomic E-state index is 5.83. The molecule has 0 spiro atoms. The Morgan fingerprint density at radius 3 is 1.17 bits per heavy atom. The Morgan fingerprint density at radius 2 is 0.913 bits per heavy atom.